The van der Waals surface area contributed by atoms with E-state index >= 15 is 0 Å². The van der Waals surface area contributed by atoms with E-state index in [9.17, 15) is 48.6 Å². The number of aromatic hydroxyl groups is 2. The quantitative estimate of drug-likeness (QED) is 0.0268. The second kappa shape index (κ2) is 32.6. The standard InChI is InChI=1S/C28H43NO9.C27H42N2O9/c1-8-9-16-35-25(33)20(29-26(34)38-28(5,6)7)17-19-14-15-22(21(30)18-19)36-23(31)12-10-11-13-24(32)37-27(2,3)4;1-8-9-15-35-23(32)19(29-25(34)38-27(5,6)7)16-18-12-13-20(30)21(17-18)36-22(31)11-10-14-28-24(33)37-26(2,3)4/h14-15,18,20,30H,8-13,16-17H2,1-7H3,(H,29,34);12-13,17,19,30H,8-11,14-16H2,1-7H3,(H,28,33)(H,29,34)/t20-;19-/m00/s1. The molecule has 0 aromatic heterocycles. The third-order valence-corrected chi connectivity index (χ3v) is 9.47. The molecule has 76 heavy (non-hydrogen) atoms. The van der Waals surface area contributed by atoms with Crippen LogP contribution in [0.4, 0.5) is 14.4 Å². The highest BCUT2D eigenvalue weighted by molar-refractivity contribution is 5.83. The lowest BCUT2D eigenvalue weighted by Gasteiger charge is -2.23. The number of esters is 5. The lowest BCUT2D eigenvalue weighted by atomic mass is 10.1. The van der Waals surface area contributed by atoms with Gasteiger partial charge in [-0.25, -0.2) is 24.0 Å². The van der Waals surface area contributed by atoms with E-state index < -0.39 is 76.6 Å². The number of phenolic OH excluding ortho intramolecular Hbond substituents is 2. The van der Waals surface area contributed by atoms with Gasteiger partial charge in [0, 0.05) is 38.6 Å². The van der Waals surface area contributed by atoms with Crippen LogP contribution in [0.25, 0.3) is 0 Å². The van der Waals surface area contributed by atoms with E-state index in [0.717, 1.165) is 12.8 Å². The van der Waals surface area contributed by atoms with E-state index in [2.05, 4.69) is 16.0 Å². The molecule has 0 bridgehead atoms. The largest absolute Gasteiger partial charge is 0.504 e. The molecule has 428 valence electrons. The summed E-state index contributed by atoms with van der Waals surface area (Å²) >= 11 is 0. The Balaban J connectivity index is 0.000000760. The van der Waals surface area contributed by atoms with Crippen molar-refractivity contribution in [2.75, 3.05) is 19.8 Å². The van der Waals surface area contributed by atoms with Gasteiger partial charge in [-0.15, -0.1) is 0 Å². The van der Waals surface area contributed by atoms with Crippen molar-refractivity contribution in [2.45, 2.75) is 208 Å². The lowest BCUT2D eigenvalue weighted by molar-refractivity contribution is -0.155. The molecule has 0 aliphatic carbocycles. The number of benzene rings is 2. The Labute approximate surface area is 448 Å². The van der Waals surface area contributed by atoms with Crippen LogP contribution in [-0.4, -0.2) is 113 Å². The Hall–Kier alpha value is -6.80. The zero-order valence-corrected chi connectivity index (χ0v) is 47.2. The number of hydrogen-bond donors (Lipinski definition) is 5. The smallest absolute Gasteiger partial charge is 0.408 e. The molecule has 21 nitrogen and oxygen atoms in total. The molecule has 0 unspecified atom stereocenters. The van der Waals surface area contributed by atoms with E-state index in [1.54, 1.807) is 95.2 Å². The molecule has 3 amide bonds. The van der Waals surface area contributed by atoms with Crippen molar-refractivity contribution in [3.8, 4) is 23.0 Å². The van der Waals surface area contributed by atoms with Crippen LogP contribution < -0.4 is 25.4 Å². The number of carbonyl (C=O) groups is 8. The number of carbonyl (C=O) groups excluding carboxylic acids is 8. The van der Waals surface area contributed by atoms with Gasteiger partial charge in [-0.2, -0.15) is 0 Å². The summed E-state index contributed by atoms with van der Waals surface area (Å²) in [5.74, 6) is -3.44. The molecule has 0 fully saturated rings. The second-order valence-corrected chi connectivity index (χ2v) is 21.7. The predicted molar refractivity (Wildman–Crippen MR) is 281 cm³/mol. The lowest BCUT2D eigenvalue weighted by Crippen LogP contribution is -2.45. The first kappa shape index (κ1) is 67.2. The summed E-state index contributed by atoms with van der Waals surface area (Å²) in [6.45, 7) is 25.4. The molecular formula is C55H85N3O18. The van der Waals surface area contributed by atoms with Gasteiger partial charge in [0.1, 0.15) is 34.5 Å². The molecule has 0 aliphatic heterocycles. The van der Waals surface area contributed by atoms with E-state index in [4.69, 9.17) is 37.9 Å². The van der Waals surface area contributed by atoms with Crippen molar-refractivity contribution in [3.63, 3.8) is 0 Å². The number of rotatable bonds is 25. The van der Waals surface area contributed by atoms with Crippen molar-refractivity contribution in [1.82, 2.24) is 16.0 Å². The summed E-state index contributed by atoms with van der Waals surface area (Å²) in [4.78, 5) is 97.7. The zero-order valence-electron chi connectivity index (χ0n) is 47.2. The van der Waals surface area contributed by atoms with Gasteiger partial charge in [-0.1, -0.05) is 38.8 Å². The van der Waals surface area contributed by atoms with Crippen molar-refractivity contribution in [2.24, 2.45) is 0 Å². The van der Waals surface area contributed by atoms with Gasteiger partial charge in [0.25, 0.3) is 0 Å². The zero-order chi connectivity index (χ0) is 57.9. The molecule has 2 atom stereocenters. The maximum Gasteiger partial charge on any atom is 0.408 e. The SMILES string of the molecule is CCCCOC(=O)[C@H](Cc1ccc(O)c(OC(=O)CCCNC(=O)OC(C)(C)C)c1)NC(=O)OC(C)(C)C.CCCCOC(=O)[C@H](Cc1ccc(OC(=O)CCCCC(=O)OC(C)(C)C)c(O)c1)NC(=O)OC(C)(C)C. The van der Waals surface area contributed by atoms with Gasteiger partial charge < -0.3 is 64.1 Å². The molecule has 0 aliphatic rings. The molecule has 0 saturated carbocycles. The van der Waals surface area contributed by atoms with Gasteiger partial charge >= 0.3 is 48.1 Å². The Morgan fingerprint density at radius 3 is 1.33 bits per heavy atom. The van der Waals surface area contributed by atoms with E-state index in [-0.39, 0.29) is 80.8 Å². The van der Waals surface area contributed by atoms with E-state index in [1.165, 1.54) is 24.3 Å². The maximum atomic E-state index is 12.7. The summed E-state index contributed by atoms with van der Waals surface area (Å²) in [7, 11) is 0. The minimum Gasteiger partial charge on any atom is -0.504 e. The van der Waals surface area contributed by atoms with Gasteiger partial charge in [-0.05, 0) is 151 Å². The summed E-state index contributed by atoms with van der Waals surface area (Å²) in [6.07, 6.45) is 2.38. The maximum absolute atomic E-state index is 12.7. The average molecular weight is 1080 g/mol. The topological polar surface area (TPSA) is 287 Å². The third kappa shape index (κ3) is 32.5. The summed E-state index contributed by atoms with van der Waals surface area (Å²) in [5, 5.41) is 28.2. The molecule has 0 saturated heterocycles. The minimum absolute atomic E-state index is 0.00877. The van der Waals surface area contributed by atoms with Crippen molar-refractivity contribution >= 4 is 48.1 Å². The molecule has 21 heteroatoms. The van der Waals surface area contributed by atoms with Crippen LogP contribution in [0.1, 0.15) is 172 Å². The number of alkyl carbamates (subject to hydrolysis) is 3. The first-order valence-corrected chi connectivity index (χ1v) is 25.7. The number of ether oxygens (including phenoxy) is 8. The molecule has 5 N–H and O–H groups in total. The fourth-order valence-electron chi connectivity index (χ4n) is 6.15. The predicted octanol–water partition coefficient (Wildman–Crippen LogP) is 9.36. The fourth-order valence-corrected chi connectivity index (χ4v) is 6.15. The number of hydrogen-bond acceptors (Lipinski definition) is 18. The van der Waals surface area contributed by atoms with E-state index in [0.29, 0.717) is 43.2 Å². The van der Waals surface area contributed by atoms with Gasteiger partial charge in [0.2, 0.25) is 0 Å². The molecular weight excluding hydrogens is 991 g/mol. The summed E-state index contributed by atoms with van der Waals surface area (Å²) in [6, 6.07) is 6.52. The Kier molecular flexibility index (Phi) is 28.8. The van der Waals surface area contributed by atoms with Gasteiger partial charge in [0.05, 0.1) is 13.2 Å². The monoisotopic (exact) mass is 1080 g/mol. The van der Waals surface area contributed by atoms with Crippen LogP contribution in [0.3, 0.4) is 0 Å². The minimum atomic E-state index is -1.06. The molecule has 2 aromatic rings. The van der Waals surface area contributed by atoms with Crippen LogP contribution >= 0.6 is 0 Å². The van der Waals surface area contributed by atoms with Crippen LogP contribution in [0.5, 0.6) is 23.0 Å². The summed E-state index contributed by atoms with van der Waals surface area (Å²) < 4.78 is 41.9. The van der Waals surface area contributed by atoms with Crippen LogP contribution in [0.2, 0.25) is 0 Å². The van der Waals surface area contributed by atoms with E-state index in [1.807, 2.05) is 13.8 Å². The molecule has 2 aromatic carbocycles. The molecule has 2 rings (SSSR count). The number of nitrogens with one attached hydrogen (secondary N) is 3. The van der Waals surface area contributed by atoms with Crippen molar-refractivity contribution in [1.29, 1.82) is 0 Å². The Bertz CT molecular complexity index is 2200. The van der Waals surface area contributed by atoms with Crippen molar-refractivity contribution in [3.05, 3.63) is 47.5 Å². The first-order valence-electron chi connectivity index (χ1n) is 25.7. The highest BCUT2D eigenvalue weighted by atomic mass is 16.6. The van der Waals surface area contributed by atoms with Crippen LogP contribution in [0.15, 0.2) is 36.4 Å². The fraction of sp³-hybridized carbons (Fsp3) is 0.636. The third-order valence-electron chi connectivity index (χ3n) is 9.47. The molecule has 0 spiro atoms. The van der Waals surface area contributed by atoms with Crippen LogP contribution in [0, 0.1) is 0 Å². The van der Waals surface area contributed by atoms with Crippen molar-refractivity contribution < 1.29 is 86.5 Å². The molecule has 0 heterocycles. The van der Waals surface area contributed by atoms with Gasteiger partial charge in [-0.3, -0.25) is 14.4 Å². The number of phenols is 2. The average Bonchev–Trinajstić information content (AvgIpc) is 3.26. The normalized spacial score (nSPS) is 12.2. The second-order valence-electron chi connectivity index (χ2n) is 21.7. The molecule has 0 radical (unpaired) electrons. The summed E-state index contributed by atoms with van der Waals surface area (Å²) in [5.41, 5.74) is -1.68. The van der Waals surface area contributed by atoms with Gasteiger partial charge in [0.15, 0.2) is 23.0 Å². The number of unbranched alkanes of at least 4 members (excludes halogenated alkanes) is 3. The highest BCUT2D eigenvalue weighted by Crippen LogP contribution is 2.30. The highest BCUT2D eigenvalue weighted by Gasteiger charge is 2.29. The first-order chi connectivity index (χ1) is 35.2. The van der Waals surface area contributed by atoms with Crippen LogP contribution in [-0.2, 0) is 65.2 Å². The number of amides is 3. The Morgan fingerprint density at radius 2 is 0.882 bits per heavy atom. The Morgan fingerprint density at radius 1 is 0.474 bits per heavy atom.